The molecule has 0 aromatic heterocycles. The first-order valence-corrected chi connectivity index (χ1v) is 11.1. The van der Waals surface area contributed by atoms with Crippen molar-refractivity contribution in [3.8, 4) is 11.1 Å². The minimum atomic E-state index is -0.159. The third-order valence-corrected chi connectivity index (χ3v) is 6.81. The zero-order valence-corrected chi connectivity index (χ0v) is 19.4. The molecule has 0 aliphatic carbocycles. The summed E-state index contributed by atoms with van der Waals surface area (Å²) in [4.78, 5) is 0. The van der Waals surface area contributed by atoms with Gasteiger partial charge in [0.1, 0.15) is 0 Å². The molecule has 0 aliphatic heterocycles. The van der Waals surface area contributed by atoms with Crippen molar-refractivity contribution in [3.63, 3.8) is 0 Å². The van der Waals surface area contributed by atoms with Crippen molar-refractivity contribution in [1.82, 2.24) is 0 Å². The van der Waals surface area contributed by atoms with Gasteiger partial charge in [-0.2, -0.15) is 0 Å². The maximum absolute atomic E-state index is 6.26. The van der Waals surface area contributed by atoms with Gasteiger partial charge < -0.3 is 11.5 Å². The molecular formula is C30H32N2. The molecule has 162 valence electrons. The minimum absolute atomic E-state index is 0.159. The molecule has 0 radical (unpaired) electrons. The van der Waals surface area contributed by atoms with Gasteiger partial charge in [-0.25, -0.2) is 0 Å². The fraction of sp³-hybridized carbons (Fsp3) is 0.200. The van der Waals surface area contributed by atoms with Gasteiger partial charge in [-0.3, -0.25) is 0 Å². The number of anilines is 2. The number of rotatable bonds is 5. The summed E-state index contributed by atoms with van der Waals surface area (Å²) < 4.78 is 0. The van der Waals surface area contributed by atoms with Crippen molar-refractivity contribution < 1.29 is 0 Å². The van der Waals surface area contributed by atoms with E-state index in [1.165, 1.54) is 22.3 Å². The van der Waals surface area contributed by atoms with Crippen molar-refractivity contribution in [2.45, 2.75) is 38.5 Å². The van der Waals surface area contributed by atoms with E-state index < -0.39 is 0 Å². The predicted molar refractivity (Wildman–Crippen MR) is 138 cm³/mol. The molecule has 0 saturated heterocycles. The minimum Gasteiger partial charge on any atom is -0.398 e. The molecule has 0 aliphatic rings. The SMILES string of the molecule is CC(C)(c1ccc(-c2ccc(C(C)(C)c3ccccc3N)cc2)cc1)c1ccccc1N. The molecule has 0 saturated carbocycles. The first kappa shape index (κ1) is 21.7. The van der Waals surface area contributed by atoms with Gasteiger partial charge in [0, 0.05) is 22.2 Å². The van der Waals surface area contributed by atoms with E-state index in [9.17, 15) is 0 Å². The van der Waals surface area contributed by atoms with Gasteiger partial charge in [-0.15, -0.1) is 0 Å². The molecule has 0 heterocycles. The summed E-state index contributed by atoms with van der Waals surface area (Å²) in [7, 11) is 0. The summed E-state index contributed by atoms with van der Waals surface area (Å²) in [6.45, 7) is 8.89. The maximum Gasteiger partial charge on any atom is 0.0355 e. The second kappa shape index (κ2) is 8.20. The molecule has 0 spiro atoms. The van der Waals surface area contributed by atoms with Gasteiger partial charge in [0.25, 0.3) is 0 Å². The van der Waals surface area contributed by atoms with Gasteiger partial charge in [0.15, 0.2) is 0 Å². The Kier molecular flexibility index (Phi) is 5.56. The number of hydrogen-bond donors (Lipinski definition) is 2. The highest BCUT2D eigenvalue weighted by molar-refractivity contribution is 5.66. The second-order valence-corrected chi connectivity index (χ2v) is 9.58. The largest absolute Gasteiger partial charge is 0.398 e. The van der Waals surface area contributed by atoms with Crippen molar-refractivity contribution in [2.24, 2.45) is 0 Å². The molecule has 0 unspecified atom stereocenters. The summed E-state index contributed by atoms with van der Waals surface area (Å²) in [5.41, 5.74) is 21.1. The van der Waals surface area contributed by atoms with Crippen LogP contribution in [-0.4, -0.2) is 0 Å². The van der Waals surface area contributed by atoms with Crippen molar-refractivity contribution in [3.05, 3.63) is 119 Å². The van der Waals surface area contributed by atoms with Gasteiger partial charge in [-0.1, -0.05) is 113 Å². The number of hydrogen-bond acceptors (Lipinski definition) is 2. The molecule has 4 rings (SSSR count). The van der Waals surface area contributed by atoms with E-state index >= 15 is 0 Å². The van der Waals surface area contributed by atoms with E-state index in [-0.39, 0.29) is 10.8 Å². The summed E-state index contributed by atoms with van der Waals surface area (Å²) in [5.74, 6) is 0. The quantitative estimate of drug-likeness (QED) is 0.336. The van der Waals surface area contributed by atoms with E-state index in [1.807, 2.05) is 36.4 Å². The van der Waals surface area contributed by atoms with Crippen LogP contribution in [-0.2, 0) is 10.8 Å². The molecule has 0 amide bonds. The zero-order valence-electron chi connectivity index (χ0n) is 19.4. The van der Waals surface area contributed by atoms with Crippen molar-refractivity contribution >= 4 is 11.4 Å². The summed E-state index contributed by atoms with van der Waals surface area (Å²) in [6.07, 6.45) is 0. The van der Waals surface area contributed by atoms with Crippen LogP contribution in [0.1, 0.15) is 49.9 Å². The van der Waals surface area contributed by atoms with Crippen LogP contribution < -0.4 is 11.5 Å². The number of benzene rings is 4. The van der Waals surface area contributed by atoms with E-state index in [0.29, 0.717) is 0 Å². The maximum atomic E-state index is 6.26. The first-order chi connectivity index (χ1) is 15.2. The number of para-hydroxylation sites is 2. The molecule has 32 heavy (non-hydrogen) atoms. The lowest BCUT2D eigenvalue weighted by molar-refractivity contribution is 0.643. The van der Waals surface area contributed by atoms with E-state index in [2.05, 4.69) is 88.4 Å². The lowest BCUT2D eigenvalue weighted by atomic mass is 9.76. The van der Waals surface area contributed by atoms with Crippen LogP contribution in [0.4, 0.5) is 11.4 Å². The molecule has 0 bridgehead atoms. The lowest BCUT2D eigenvalue weighted by Gasteiger charge is -2.28. The Labute approximate surface area is 191 Å². The van der Waals surface area contributed by atoms with Crippen LogP contribution in [0.15, 0.2) is 97.1 Å². The van der Waals surface area contributed by atoms with E-state index in [0.717, 1.165) is 22.5 Å². The standard InChI is InChI=1S/C30H32N2/c1-29(2,25-9-5-7-11-27(25)31)23-17-13-21(14-18-23)22-15-19-24(20-16-22)30(3,4)26-10-6-8-12-28(26)32/h5-20H,31-32H2,1-4H3. The Bertz CT molecular complexity index is 1120. The average Bonchev–Trinajstić information content (AvgIpc) is 2.79. The van der Waals surface area contributed by atoms with E-state index in [1.54, 1.807) is 0 Å². The van der Waals surface area contributed by atoms with Crippen LogP contribution in [0.3, 0.4) is 0 Å². The third kappa shape index (κ3) is 3.89. The molecular weight excluding hydrogens is 388 g/mol. The topological polar surface area (TPSA) is 52.0 Å². The Morgan fingerprint density at radius 1 is 0.438 bits per heavy atom. The smallest absolute Gasteiger partial charge is 0.0355 e. The van der Waals surface area contributed by atoms with Gasteiger partial charge >= 0.3 is 0 Å². The monoisotopic (exact) mass is 420 g/mol. The van der Waals surface area contributed by atoms with Crippen molar-refractivity contribution in [2.75, 3.05) is 11.5 Å². The fourth-order valence-electron chi connectivity index (χ4n) is 4.60. The normalized spacial score (nSPS) is 12.0. The van der Waals surface area contributed by atoms with Crippen LogP contribution in [0.25, 0.3) is 11.1 Å². The molecule has 0 fully saturated rings. The summed E-state index contributed by atoms with van der Waals surface area (Å²) in [5, 5.41) is 0. The van der Waals surface area contributed by atoms with Gasteiger partial charge in [-0.05, 0) is 45.5 Å². The Hall–Kier alpha value is -3.52. The highest BCUT2D eigenvalue weighted by Crippen LogP contribution is 2.37. The predicted octanol–water partition coefficient (Wildman–Crippen LogP) is 7.17. The number of nitrogen functional groups attached to an aromatic ring is 2. The first-order valence-electron chi connectivity index (χ1n) is 11.1. The summed E-state index contributed by atoms with van der Waals surface area (Å²) >= 11 is 0. The van der Waals surface area contributed by atoms with Crippen LogP contribution in [0.2, 0.25) is 0 Å². The van der Waals surface area contributed by atoms with E-state index in [4.69, 9.17) is 11.5 Å². The Morgan fingerprint density at radius 2 is 0.750 bits per heavy atom. The lowest BCUT2D eigenvalue weighted by Crippen LogP contribution is -2.20. The average molecular weight is 421 g/mol. The van der Waals surface area contributed by atoms with Crippen molar-refractivity contribution in [1.29, 1.82) is 0 Å². The second-order valence-electron chi connectivity index (χ2n) is 9.58. The fourth-order valence-corrected chi connectivity index (χ4v) is 4.60. The van der Waals surface area contributed by atoms with Crippen LogP contribution in [0, 0.1) is 0 Å². The Morgan fingerprint density at radius 3 is 1.06 bits per heavy atom. The highest BCUT2D eigenvalue weighted by atomic mass is 14.6. The molecule has 2 heteroatoms. The molecule has 4 aromatic carbocycles. The molecule has 0 atom stereocenters. The van der Waals surface area contributed by atoms with Gasteiger partial charge in [0.2, 0.25) is 0 Å². The van der Waals surface area contributed by atoms with Crippen LogP contribution in [0.5, 0.6) is 0 Å². The molecule has 4 aromatic rings. The summed E-state index contributed by atoms with van der Waals surface area (Å²) in [6, 6.07) is 33.9. The number of nitrogens with two attached hydrogens (primary N) is 2. The molecule has 2 nitrogen and oxygen atoms in total. The molecule has 4 N–H and O–H groups in total. The zero-order chi connectivity index (χ0) is 22.9. The third-order valence-electron chi connectivity index (χ3n) is 6.81. The highest BCUT2D eigenvalue weighted by Gasteiger charge is 2.26. The Balaban J connectivity index is 1.61. The van der Waals surface area contributed by atoms with Crippen LogP contribution >= 0.6 is 0 Å². The van der Waals surface area contributed by atoms with Gasteiger partial charge in [0.05, 0.1) is 0 Å².